The second kappa shape index (κ2) is 8.33. The van der Waals surface area contributed by atoms with Gasteiger partial charge in [-0.05, 0) is 97.7 Å². The molecule has 0 aromatic rings. The van der Waals surface area contributed by atoms with Gasteiger partial charge in [-0.15, -0.1) is 0 Å². The van der Waals surface area contributed by atoms with E-state index >= 15 is 0 Å². The zero-order valence-corrected chi connectivity index (χ0v) is 20.1. The van der Waals surface area contributed by atoms with Crippen LogP contribution >= 0.6 is 0 Å². The van der Waals surface area contributed by atoms with Crippen molar-refractivity contribution in [1.82, 2.24) is 0 Å². The first-order valence-corrected chi connectivity index (χ1v) is 13.1. The predicted octanol–water partition coefficient (Wildman–Crippen LogP) is 7.78. The quantitative estimate of drug-likeness (QED) is 0.467. The Morgan fingerprint density at radius 3 is 2.55 bits per heavy atom. The van der Waals surface area contributed by atoms with Gasteiger partial charge in [-0.1, -0.05) is 72.0 Å². The number of hydrogen-bond acceptors (Lipinski definition) is 1. The van der Waals surface area contributed by atoms with E-state index in [1.165, 1.54) is 64.2 Å². The van der Waals surface area contributed by atoms with Crippen molar-refractivity contribution in [2.24, 2.45) is 46.3 Å². The van der Waals surface area contributed by atoms with Crippen molar-refractivity contribution in [3.05, 3.63) is 11.6 Å². The van der Waals surface area contributed by atoms with Crippen LogP contribution in [0, 0.1) is 46.3 Å². The van der Waals surface area contributed by atoms with E-state index < -0.39 is 0 Å². The maximum Gasteiger partial charge on any atom is 0.0577 e. The first-order chi connectivity index (χ1) is 13.8. The fraction of sp³-hybridized carbons (Fsp3) is 0.929. The zero-order chi connectivity index (χ0) is 20.8. The van der Waals surface area contributed by atoms with Gasteiger partial charge in [0.2, 0.25) is 0 Å². The van der Waals surface area contributed by atoms with Crippen molar-refractivity contribution in [2.45, 2.75) is 118 Å². The van der Waals surface area contributed by atoms with Crippen LogP contribution in [0.4, 0.5) is 0 Å². The lowest BCUT2D eigenvalue weighted by Crippen LogP contribution is -2.54. The molecule has 0 aliphatic heterocycles. The van der Waals surface area contributed by atoms with Crippen molar-refractivity contribution in [3.63, 3.8) is 0 Å². The summed E-state index contributed by atoms with van der Waals surface area (Å²) in [5.74, 6) is 5.42. The first-order valence-electron chi connectivity index (χ1n) is 13.1. The Balaban J connectivity index is 1.52. The van der Waals surface area contributed by atoms with Crippen molar-refractivity contribution in [1.29, 1.82) is 0 Å². The zero-order valence-electron chi connectivity index (χ0n) is 20.1. The molecule has 0 amide bonds. The van der Waals surface area contributed by atoms with Gasteiger partial charge in [-0.2, -0.15) is 0 Å². The van der Waals surface area contributed by atoms with Crippen LogP contribution in [0.1, 0.15) is 112 Å². The molecular weight excluding hydrogens is 352 g/mol. The van der Waals surface area contributed by atoms with E-state index in [0.717, 1.165) is 48.3 Å². The highest BCUT2D eigenvalue weighted by atomic mass is 16.3. The summed E-state index contributed by atoms with van der Waals surface area (Å²) in [6.07, 6.45) is 18.6. The van der Waals surface area contributed by atoms with Gasteiger partial charge < -0.3 is 5.11 Å². The van der Waals surface area contributed by atoms with E-state index in [0.29, 0.717) is 10.8 Å². The molecule has 0 bridgehead atoms. The Hall–Kier alpha value is -0.300. The number of hydrogen-bond donors (Lipinski definition) is 1. The average molecular weight is 401 g/mol. The molecule has 0 spiro atoms. The van der Waals surface area contributed by atoms with Crippen molar-refractivity contribution >= 4 is 0 Å². The monoisotopic (exact) mass is 400 g/mol. The van der Waals surface area contributed by atoms with Crippen LogP contribution in [0.15, 0.2) is 11.6 Å². The summed E-state index contributed by atoms with van der Waals surface area (Å²) in [4.78, 5) is 0. The van der Waals surface area contributed by atoms with Crippen molar-refractivity contribution < 1.29 is 5.11 Å². The molecule has 1 N–H and O–H groups in total. The molecule has 166 valence electrons. The topological polar surface area (TPSA) is 20.2 Å². The van der Waals surface area contributed by atoms with Crippen molar-refractivity contribution in [3.8, 4) is 0 Å². The molecule has 0 heterocycles. The van der Waals surface area contributed by atoms with E-state index in [2.05, 4.69) is 40.7 Å². The smallest absolute Gasteiger partial charge is 0.0577 e. The summed E-state index contributed by atoms with van der Waals surface area (Å²) in [5.41, 5.74) is 2.58. The molecule has 4 unspecified atom stereocenters. The van der Waals surface area contributed by atoms with Crippen LogP contribution in [0.2, 0.25) is 0 Å². The lowest BCUT2D eigenvalue weighted by Gasteiger charge is -2.62. The standard InChI is InChI=1S/C28H48O/c1-19(2)8-6-9-20(3)24-10-7-11-25-23-13-12-21-18-22(29)14-16-27(21,4)26(23)15-17-28(24,25)5/h12,19-20,22-26,29H,6-11,13-18H2,1-5H3/t20?,22-,23?,24+,25-,26-,27?,28?/m0/s1. The van der Waals surface area contributed by atoms with Gasteiger partial charge in [0.15, 0.2) is 0 Å². The van der Waals surface area contributed by atoms with Gasteiger partial charge in [-0.3, -0.25) is 0 Å². The lowest BCUT2D eigenvalue weighted by atomic mass is 9.42. The maximum absolute atomic E-state index is 10.2. The first kappa shape index (κ1) is 21.9. The summed E-state index contributed by atoms with van der Waals surface area (Å²) >= 11 is 0. The normalized spacial score (nSPS) is 45.8. The summed E-state index contributed by atoms with van der Waals surface area (Å²) in [6, 6.07) is 0. The molecule has 0 aromatic carbocycles. The highest BCUT2D eigenvalue weighted by molar-refractivity contribution is 5.25. The number of aliphatic hydroxyl groups excluding tert-OH is 1. The second-order valence-corrected chi connectivity index (χ2v) is 12.5. The molecule has 4 rings (SSSR count). The molecule has 4 aliphatic carbocycles. The minimum Gasteiger partial charge on any atom is -0.393 e. The van der Waals surface area contributed by atoms with Crippen LogP contribution < -0.4 is 0 Å². The van der Waals surface area contributed by atoms with Gasteiger partial charge in [0.25, 0.3) is 0 Å². The maximum atomic E-state index is 10.2. The van der Waals surface area contributed by atoms with Crippen LogP contribution in [0.5, 0.6) is 0 Å². The largest absolute Gasteiger partial charge is 0.393 e. The van der Waals surface area contributed by atoms with E-state index in [1.54, 1.807) is 5.57 Å². The summed E-state index contributed by atoms with van der Waals surface area (Å²) in [6.45, 7) is 12.6. The molecule has 4 aliphatic rings. The Morgan fingerprint density at radius 1 is 1.00 bits per heavy atom. The Labute approximate surface area is 181 Å². The Morgan fingerprint density at radius 2 is 1.79 bits per heavy atom. The molecule has 0 saturated heterocycles. The fourth-order valence-electron chi connectivity index (χ4n) is 8.86. The van der Waals surface area contributed by atoms with Crippen LogP contribution in [-0.4, -0.2) is 11.2 Å². The average Bonchev–Trinajstić information content (AvgIpc) is 2.67. The van der Waals surface area contributed by atoms with Crippen molar-refractivity contribution in [2.75, 3.05) is 0 Å². The lowest BCUT2D eigenvalue weighted by molar-refractivity contribution is -0.109. The summed E-state index contributed by atoms with van der Waals surface area (Å²) in [7, 11) is 0. The Kier molecular flexibility index (Phi) is 6.29. The number of allylic oxidation sites excluding steroid dienone is 1. The van der Waals surface area contributed by atoms with Gasteiger partial charge >= 0.3 is 0 Å². The third-order valence-corrected chi connectivity index (χ3v) is 10.5. The Bertz CT molecular complexity index is 605. The highest BCUT2D eigenvalue weighted by Gasteiger charge is 2.57. The predicted molar refractivity (Wildman–Crippen MR) is 124 cm³/mol. The van der Waals surface area contributed by atoms with Gasteiger partial charge in [0, 0.05) is 0 Å². The third-order valence-electron chi connectivity index (χ3n) is 10.5. The molecular formula is C28H48O. The number of rotatable bonds is 5. The molecule has 29 heavy (non-hydrogen) atoms. The van der Waals surface area contributed by atoms with Gasteiger partial charge in [-0.25, -0.2) is 0 Å². The number of fused-ring (bicyclic) bond motifs is 5. The van der Waals surface area contributed by atoms with E-state index in [4.69, 9.17) is 0 Å². The SMILES string of the molecule is CC(C)CCCC(C)[C@H]1CCC[C@H]2C3CC=C4C[C@@H](O)CCC4(C)[C@H]3CCC12C. The number of aliphatic hydroxyl groups is 1. The molecule has 0 aromatic heterocycles. The minimum absolute atomic E-state index is 0.0783. The van der Waals surface area contributed by atoms with Crippen LogP contribution in [0.25, 0.3) is 0 Å². The second-order valence-electron chi connectivity index (χ2n) is 12.5. The molecule has 1 nitrogen and oxygen atoms in total. The summed E-state index contributed by atoms with van der Waals surface area (Å²) in [5, 5.41) is 10.2. The van der Waals surface area contributed by atoms with Crippen LogP contribution in [-0.2, 0) is 0 Å². The van der Waals surface area contributed by atoms with E-state index in [1.807, 2.05) is 0 Å². The molecule has 8 atom stereocenters. The minimum atomic E-state index is -0.0783. The van der Waals surface area contributed by atoms with E-state index in [9.17, 15) is 5.11 Å². The molecule has 0 radical (unpaired) electrons. The van der Waals surface area contributed by atoms with E-state index in [-0.39, 0.29) is 6.10 Å². The van der Waals surface area contributed by atoms with Gasteiger partial charge in [0.1, 0.15) is 0 Å². The molecule has 3 saturated carbocycles. The highest BCUT2D eigenvalue weighted by Crippen LogP contribution is 2.66. The third kappa shape index (κ3) is 3.88. The molecule has 3 fully saturated rings. The summed E-state index contributed by atoms with van der Waals surface area (Å²) < 4.78 is 0. The molecule has 1 heteroatoms. The van der Waals surface area contributed by atoms with Gasteiger partial charge in [0.05, 0.1) is 6.10 Å². The fourth-order valence-corrected chi connectivity index (χ4v) is 8.86. The van der Waals surface area contributed by atoms with Crippen LogP contribution in [0.3, 0.4) is 0 Å².